The van der Waals surface area contributed by atoms with E-state index in [0.717, 1.165) is 17.0 Å². The Balaban J connectivity index is 2.58. The third-order valence-corrected chi connectivity index (χ3v) is 1.91. The summed E-state index contributed by atoms with van der Waals surface area (Å²) < 4.78 is 1.89. The highest BCUT2D eigenvalue weighted by Gasteiger charge is 2.04. The van der Waals surface area contributed by atoms with Gasteiger partial charge in [-0.15, -0.1) is 0 Å². The first-order valence-electron chi connectivity index (χ1n) is 4.39. The van der Waals surface area contributed by atoms with Crippen molar-refractivity contribution in [1.82, 2.24) is 9.38 Å². The molecule has 72 valence electrons. The van der Waals surface area contributed by atoms with Crippen molar-refractivity contribution >= 4 is 17.2 Å². The SMILES string of the molecule is CC(=O)Nc1cccn2cc(C)nc12. The van der Waals surface area contributed by atoms with E-state index < -0.39 is 0 Å². The zero-order valence-electron chi connectivity index (χ0n) is 8.11. The van der Waals surface area contributed by atoms with Gasteiger partial charge in [-0.3, -0.25) is 4.79 Å². The molecule has 0 spiro atoms. The van der Waals surface area contributed by atoms with Crippen molar-refractivity contribution in [2.75, 3.05) is 5.32 Å². The molecule has 0 unspecified atom stereocenters. The molecule has 0 aliphatic carbocycles. The van der Waals surface area contributed by atoms with Crippen molar-refractivity contribution in [1.29, 1.82) is 0 Å². The number of nitrogens with zero attached hydrogens (tertiary/aromatic N) is 2. The Morgan fingerprint density at radius 3 is 3.07 bits per heavy atom. The van der Waals surface area contributed by atoms with Crippen LogP contribution in [0.3, 0.4) is 0 Å². The average molecular weight is 189 g/mol. The van der Waals surface area contributed by atoms with Crippen molar-refractivity contribution in [2.45, 2.75) is 13.8 Å². The van der Waals surface area contributed by atoms with Gasteiger partial charge >= 0.3 is 0 Å². The zero-order chi connectivity index (χ0) is 10.1. The molecule has 1 amide bonds. The third kappa shape index (κ3) is 1.46. The van der Waals surface area contributed by atoms with Gasteiger partial charge in [-0.05, 0) is 19.1 Å². The number of pyridine rings is 1. The Bertz CT molecular complexity index is 487. The lowest BCUT2D eigenvalue weighted by Crippen LogP contribution is -2.06. The van der Waals surface area contributed by atoms with E-state index in [4.69, 9.17) is 0 Å². The minimum Gasteiger partial charge on any atom is -0.323 e. The summed E-state index contributed by atoms with van der Waals surface area (Å²) in [5, 5.41) is 2.74. The highest BCUT2D eigenvalue weighted by Crippen LogP contribution is 2.15. The molecule has 0 aliphatic rings. The second-order valence-electron chi connectivity index (χ2n) is 3.22. The largest absolute Gasteiger partial charge is 0.323 e. The Morgan fingerprint density at radius 1 is 1.57 bits per heavy atom. The molecule has 4 heteroatoms. The van der Waals surface area contributed by atoms with Gasteiger partial charge in [0, 0.05) is 19.3 Å². The van der Waals surface area contributed by atoms with Crippen molar-refractivity contribution in [3.05, 3.63) is 30.2 Å². The Morgan fingerprint density at radius 2 is 2.36 bits per heavy atom. The number of nitrogens with one attached hydrogen (secondary N) is 1. The molecule has 2 rings (SSSR count). The van der Waals surface area contributed by atoms with Gasteiger partial charge in [0.25, 0.3) is 0 Å². The number of rotatable bonds is 1. The predicted octanol–water partition coefficient (Wildman–Crippen LogP) is 1.60. The minimum atomic E-state index is -0.0845. The van der Waals surface area contributed by atoms with Crippen molar-refractivity contribution in [3.63, 3.8) is 0 Å². The van der Waals surface area contributed by atoms with Crippen LogP contribution in [-0.2, 0) is 4.79 Å². The van der Waals surface area contributed by atoms with E-state index >= 15 is 0 Å². The summed E-state index contributed by atoms with van der Waals surface area (Å²) in [4.78, 5) is 15.2. The maximum Gasteiger partial charge on any atom is 0.221 e. The fraction of sp³-hybridized carbons (Fsp3) is 0.200. The van der Waals surface area contributed by atoms with Crippen LogP contribution in [-0.4, -0.2) is 15.3 Å². The van der Waals surface area contributed by atoms with Crippen molar-refractivity contribution in [2.24, 2.45) is 0 Å². The van der Waals surface area contributed by atoms with Gasteiger partial charge in [0.15, 0.2) is 5.65 Å². The lowest BCUT2D eigenvalue weighted by molar-refractivity contribution is -0.114. The summed E-state index contributed by atoms with van der Waals surface area (Å²) >= 11 is 0. The van der Waals surface area contributed by atoms with Crippen LogP contribution in [0.1, 0.15) is 12.6 Å². The average Bonchev–Trinajstić information content (AvgIpc) is 2.45. The van der Waals surface area contributed by atoms with Gasteiger partial charge in [-0.25, -0.2) is 4.98 Å². The zero-order valence-corrected chi connectivity index (χ0v) is 8.11. The fourth-order valence-electron chi connectivity index (χ4n) is 1.42. The number of carbonyl (C=O) groups excluding carboxylic acids is 1. The van der Waals surface area contributed by atoms with Gasteiger partial charge in [0.2, 0.25) is 5.91 Å². The summed E-state index contributed by atoms with van der Waals surface area (Å²) in [6.45, 7) is 3.41. The summed E-state index contributed by atoms with van der Waals surface area (Å²) in [7, 11) is 0. The van der Waals surface area contributed by atoms with E-state index in [0.29, 0.717) is 0 Å². The molecule has 0 bridgehead atoms. The number of fused-ring (bicyclic) bond motifs is 1. The van der Waals surface area contributed by atoms with Gasteiger partial charge in [0.05, 0.1) is 11.4 Å². The van der Waals surface area contributed by atoms with Crippen LogP contribution in [0, 0.1) is 6.92 Å². The maximum absolute atomic E-state index is 10.9. The monoisotopic (exact) mass is 189 g/mol. The van der Waals surface area contributed by atoms with E-state index in [2.05, 4.69) is 10.3 Å². The summed E-state index contributed by atoms with van der Waals surface area (Å²) in [5.74, 6) is -0.0845. The first-order valence-corrected chi connectivity index (χ1v) is 4.39. The van der Waals surface area contributed by atoms with E-state index in [-0.39, 0.29) is 5.91 Å². The molecule has 2 heterocycles. The molecular formula is C10H11N3O. The van der Waals surface area contributed by atoms with E-state index in [1.54, 1.807) is 0 Å². The third-order valence-electron chi connectivity index (χ3n) is 1.91. The second kappa shape index (κ2) is 3.14. The number of amides is 1. The van der Waals surface area contributed by atoms with Crippen LogP contribution in [0.2, 0.25) is 0 Å². The second-order valence-corrected chi connectivity index (χ2v) is 3.22. The standard InChI is InChI=1S/C10H11N3O/c1-7-6-13-5-3-4-9(10(13)11-7)12-8(2)14/h3-6H,1-2H3,(H,12,14). The summed E-state index contributed by atoms with van der Waals surface area (Å²) in [6, 6.07) is 3.71. The molecule has 0 fully saturated rings. The molecule has 4 nitrogen and oxygen atoms in total. The van der Waals surface area contributed by atoms with Crippen LogP contribution >= 0.6 is 0 Å². The number of anilines is 1. The molecule has 0 radical (unpaired) electrons. The number of hydrogen-bond acceptors (Lipinski definition) is 2. The van der Waals surface area contributed by atoms with Gasteiger partial charge in [-0.1, -0.05) is 0 Å². The maximum atomic E-state index is 10.9. The van der Waals surface area contributed by atoms with Crippen molar-refractivity contribution < 1.29 is 4.79 Å². The smallest absolute Gasteiger partial charge is 0.221 e. The van der Waals surface area contributed by atoms with Crippen LogP contribution in [0.15, 0.2) is 24.5 Å². The first kappa shape index (κ1) is 8.74. The van der Waals surface area contributed by atoms with Crippen LogP contribution in [0.4, 0.5) is 5.69 Å². The quantitative estimate of drug-likeness (QED) is 0.740. The number of aryl methyl sites for hydroxylation is 1. The normalized spacial score (nSPS) is 10.4. The lowest BCUT2D eigenvalue weighted by Gasteiger charge is -2.02. The Labute approximate surface area is 81.6 Å². The highest BCUT2D eigenvalue weighted by molar-refractivity contribution is 5.92. The van der Waals surface area contributed by atoms with Crippen molar-refractivity contribution in [3.8, 4) is 0 Å². The van der Waals surface area contributed by atoms with E-state index in [1.807, 2.05) is 35.9 Å². The molecule has 0 aromatic carbocycles. The van der Waals surface area contributed by atoms with Gasteiger partial charge in [-0.2, -0.15) is 0 Å². The van der Waals surface area contributed by atoms with E-state index in [9.17, 15) is 4.79 Å². The molecule has 2 aromatic rings. The molecule has 0 saturated carbocycles. The summed E-state index contributed by atoms with van der Waals surface area (Å²) in [5.41, 5.74) is 2.45. The lowest BCUT2D eigenvalue weighted by atomic mass is 10.4. The van der Waals surface area contributed by atoms with E-state index in [1.165, 1.54) is 6.92 Å². The van der Waals surface area contributed by atoms with Gasteiger partial charge in [0.1, 0.15) is 0 Å². The predicted molar refractivity (Wildman–Crippen MR) is 54.2 cm³/mol. The fourth-order valence-corrected chi connectivity index (χ4v) is 1.42. The number of hydrogen-bond donors (Lipinski definition) is 1. The van der Waals surface area contributed by atoms with Crippen LogP contribution < -0.4 is 5.32 Å². The summed E-state index contributed by atoms with van der Waals surface area (Å²) in [6.07, 6.45) is 3.82. The molecule has 0 saturated heterocycles. The molecule has 0 aliphatic heterocycles. The Hall–Kier alpha value is -1.84. The highest BCUT2D eigenvalue weighted by atomic mass is 16.1. The molecule has 14 heavy (non-hydrogen) atoms. The molecule has 1 N–H and O–H groups in total. The molecule has 0 atom stereocenters. The first-order chi connectivity index (χ1) is 6.66. The Kier molecular flexibility index (Phi) is 1.96. The molecular weight excluding hydrogens is 178 g/mol. The number of imidazole rings is 1. The van der Waals surface area contributed by atoms with Gasteiger partial charge < -0.3 is 9.72 Å². The minimum absolute atomic E-state index is 0.0845. The number of aromatic nitrogens is 2. The van der Waals surface area contributed by atoms with Crippen LogP contribution in [0.25, 0.3) is 5.65 Å². The van der Waals surface area contributed by atoms with Crippen LogP contribution in [0.5, 0.6) is 0 Å². The topological polar surface area (TPSA) is 46.4 Å². The molecule has 2 aromatic heterocycles. The number of carbonyl (C=O) groups is 1.